The van der Waals surface area contributed by atoms with Crippen molar-refractivity contribution in [3.63, 3.8) is 0 Å². The minimum absolute atomic E-state index is 0.221. The van der Waals surface area contributed by atoms with Gasteiger partial charge in [-0.15, -0.1) is 0 Å². The van der Waals surface area contributed by atoms with Gasteiger partial charge in [-0.3, -0.25) is 4.79 Å². The molecule has 10 rings (SSSR count). The molecule has 9 heteroatoms. The van der Waals surface area contributed by atoms with Crippen LogP contribution in [0.2, 0.25) is 0 Å². The second kappa shape index (κ2) is 14.6. The number of ether oxygens (including phenoxy) is 1. The summed E-state index contributed by atoms with van der Waals surface area (Å²) in [6, 6.07) is 30.8. The highest BCUT2D eigenvalue weighted by Crippen LogP contribution is 2.61. The number of fused-ring (bicyclic) bond motifs is 1. The van der Waals surface area contributed by atoms with E-state index in [4.69, 9.17) is 14.8 Å². The topological polar surface area (TPSA) is 92.1 Å². The van der Waals surface area contributed by atoms with Crippen LogP contribution in [0, 0.1) is 30.1 Å². The molecule has 4 bridgehead atoms. The zero-order valence-electron chi connectivity index (χ0n) is 31.3. The molecule has 1 aliphatic heterocycles. The molecule has 3 heterocycles. The number of piperazine rings is 1. The summed E-state index contributed by atoms with van der Waals surface area (Å²) < 4.78 is 7.61. The average molecular weight is 723 g/mol. The van der Waals surface area contributed by atoms with Crippen molar-refractivity contribution in [3.05, 3.63) is 108 Å². The van der Waals surface area contributed by atoms with Crippen molar-refractivity contribution < 1.29 is 14.3 Å². The monoisotopic (exact) mass is 722 g/mol. The number of rotatable bonds is 10. The van der Waals surface area contributed by atoms with Crippen molar-refractivity contribution in [3.8, 4) is 22.4 Å². The van der Waals surface area contributed by atoms with Crippen LogP contribution in [-0.2, 0) is 22.6 Å². The summed E-state index contributed by atoms with van der Waals surface area (Å²) in [5, 5.41) is 8.31. The predicted octanol–water partition coefficient (Wildman–Crippen LogP) is 8.10. The largest absolute Gasteiger partial charge is 0.445 e. The van der Waals surface area contributed by atoms with Crippen LogP contribution in [0.3, 0.4) is 0 Å². The van der Waals surface area contributed by atoms with E-state index in [1.165, 1.54) is 44.1 Å². The summed E-state index contributed by atoms with van der Waals surface area (Å²) in [7, 11) is 0. The van der Waals surface area contributed by atoms with E-state index in [0.29, 0.717) is 39.1 Å². The van der Waals surface area contributed by atoms with Gasteiger partial charge in [-0.25, -0.2) is 9.78 Å². The van der Waals surface area contributed by atoms with Gasteiger partial charge in [0.25, 0.3) is 0 Å². The summed E-state index contributed by atoms with van der Waals surface area (Å²) in [6.07, 6.45) is 9.14. The van der Waals surface area contributed by atoms with Gasteiger partial charge in [0.1, 0.15) is 12.4 Å². The lowest BCUT2D eigenvalue weighted by Crippen LogP contribution is -2.49. The smallest absolute Gasteiger partial charge is 0.410 e. The van der Waals surface area contributed by atoms with Crippen LogP contribution in [0.5, 0.6) is 0 Å². The molecule has 54 heavy (non-hydrogen) atoms. The first-order valence-electron chi connectivity index (χ1n) is 19.9. The molecule has 1 N–H and O–H groups in total. The molecule has 0 spiro atoms. The van der Waals surface area contributed by atoms with E-state index < -0.39 is 0 Å². The number of hydrogen-bond donors (Lipinski definition) is 1. The molecule has 9 nitrogen and oxygen atoms in total. The van der Waals surface area contributed by atoms with Crippen molar-refractivity contribution in [2.75, 3.05) is 37.6 Å². The van der Waals surface area contributed by atoms with Gasteiger partial charge in [-0.05, 0) is 97.8 Å². The Hall–Kier alpha value is -5.18. The SMILES string of the molecule is Cc1nn2c(N3CCN(C(=O)OCc4ccccc4)CC3)cc(-c3cccc(CCNC(=O)CC45CC6CC(CC(C6)C4)C5)c3)nc2c1-c1ccccc1. The molecule has 2 amide bonds. The van der Waals surface area contributed by atoms with Gasteiger partial charge in [0, 0.05) is 56.3 Å². The minimum Gasteiger partial charge on any atom is -0.445 e. The quantitative estimate of drug-likeness (QED) is 0.157. The van der Waals surface area contributed by atoms with Crippen LogP contribution >= 0.6 is 0 Å². The highest BCUT2D eigenvalue weighted by atomic mass is 16.6. The Balaban J connectivity index is 0.923. The standard InChI is InChI=1S/C45H50N6O3/c1-31-42(37-12-6-3-7-13-37)43-47-39(25-41(51(43)48-31)49-17-19-50(20-18-49)44(53)54-30-33-9-4-2-5-10-33)38-14-8-11-32(24-38)15-16-46-40(52)29-45-26-34-21-35(27-45)23-36(22-34)28-45/h2-14,24-25,34-36H,15-23,26-30H2,1H3,(H,46,52). The van der Waals surface area contributed by atoms with Crippen LogP contribution in [-0.4, -0.2) is 64.2 Å². The van der Waals surface area contributed by atoms with Crippen molar-refractivity contribution >= 4 is 23.5 Å². The van der Waals surface area contributed by atoms with Gasteiger partial charge >= 0.3 is 6.09 Å². The number of aryl methyl sites for hydroxylation is 1. The van der Waals surface area contributed by atoms with E-state index >= 15 is 0 Å². The number of carbonyl (C=O) groups is 2. The first kappa shape index (κ1) is 34.6. The zero-order valence-corrected chi connectivity index (χ0v) is 31.3. The number of amides is 2. The van der Waals surface area contributed by atoms with Crippen LogP contribution in [0.4, 0.5) is 10.6 Å². The van der Waals surface area contributed by atoms with Gasteiger partial charge in [0.2, 0.25) is 5.91 Å². The molecular formula is C45H50N6O3. The number of nitrogens with zero attached hydrogens (tertiary/aromatic N) is 5. The van der Waals surface area contributed by atoms with E-state index in [1.807, 2.05) is 60.0 Å². The van der Waals surface area contributed by atoms with Gasteiger partial charge in [0.15, 0.2) is 5.65 Å². The Morgan fingerprint density at radius 1 is 0.796 bits per heavy atom. The first-order valence-corrected chi connectivity index (χ1v) is 19.9. The van der Waals surface area contributed by atoms with E-state index in [9.17, 15) is 9.59 Å². The van der Waals surface area contributed by atoms with Crippen molar-refractivity contribution in [2.45, 2.75) is 64.9 Å². The van der Waals surface area contributed by atoms with E-state index in [-0.39, 0.29) is 24.0 Å². The van der Waals surface area contributed by atoms with Crippen LogP contribution < -0.4 is 10.2 Å². The first-order chi connectivity index (χ1) is 26.4. The molecular weight excluding hydrogens is 673 g/mol. The summed E-state index contributed by atoms with van der Waals surface area (Å²) in [5.74, 6) is 3.73. The second-order valence-corrected chi connectivity index (χ2v) is 16.5. The maximum atomic E-state index is 13.3. The van der Waals surface area contributed by atoms with Crippen molar-refractivity contribution in [2.24, 2.45) is 23.2 Å². The Kier molecular flexibility index (Phi) is 9.33. The van der Waals surface area contributed by atoms with Gasteiger partial charge in [-0.1, -0.05) is 78.9 Å². The van der Waals surface area contributed by atoms with E-state index in [2.05, 4.69) is 52.7 Å². The normalized spacial score (nSPS) is 23.2. The number of hydrogen-bond acceptors (Lipinski definition) is 6. The Morgan fingerprint density at radius 3 is 2.15 bits per heavy atom. The number of benzene rings is 3. The molecule has 5 aromatic rings. The number of anilines is 1. The lowest BCUT2D eigenvalue weighted by atomic mass is 9.49. The molecule has 4 aliphatic carbocycles. The van der Waals surface area contributed by atoms with Gasteiger partial charge in [-0.2, -0.15) is 9.61 Å². The average Bonchev–Trinajstić information content (AvgIpc) is 3.52. The molecule has 278 valence electrons. The molecule has 0 unspecified atom stereocenters. The van der Waals surface area contributed by atoms with Crippen molar-refractivity contribution in [1.82, 2.24) is 24.8 Å². The molecule has 2 aromatic heterocycles. The van der Waals surface area contributed by atoms with Crippen LogP contribution in [0.15, 0.2) is 91.0 Å². The van der Waals surface area contributed by atoms with Crippen LogP contribution in [0.1, 0.15) is 61.8 Å². The summed E-state index contributed by atoms with van der Waals surface area (Å²) in [4.78, 5) is 35.6. The molecule has 5 fully saturated rings. The molecule has 1 saturated heterocycles. The Morgan fingerprint density at radius 2 is 1.44 bits per heavy atom. The summed E-state index contributed by atoms with van der Waals surface area (Å²) in [6.45, 7) is 5.30. The Labute approximate surface area is 317 Å². The third-order valence-corrected chi connectivity index (χ3v) is 12.5. The number of carbonyl (C=O) groups excluding carboxylic acids is 2. The van der Waals surface area contributed by atoms with Crippen molar-refractivity contribution in [1.29, 1.82) is 0 Å². The van der Waals surface area contributed by atoms with Gasteiger partial charge < -0.3 is 19.9 Å². The fourth-order valence-electron chi connectivity index (χ4n) is 10.5. The molecule has 3 aromatic carbocycles. The third kappa shape index (κ3) is 7.08. The second-order valence-electron chi connectivity index (χ2n) is 16.5. The zero-order chi connectivity index (χ0) is 36.6. The van der Waals surface area contributed by atoms with Gasteiger partial charge in [0.05, 0.1) is 11.4 Å². The third-order valence-electron chi connectivity index (χ3n) is 12.5. The fourth-order valence-corrected chi connectivity index (χ4v) is 10.5. The lowest BCUT2D eigenvalue weighted by Gasteiger charge is -2.56. The molecule has 5 aliphatic rings. The van der Waals surface area contributed by atoms with E-state index in [1.54, 1.807) is 4.90 Å². The summed E-state index contributed by atoms with van der Waals surface area (Å²) in [5.41, 5.74) is 8.09. The molecule has 4 saturated carbocycles. The maximum absolute atomic E-state index is 13.3. The molecule has 0 radical (unpaired) electrons. The minimum atomic E-state index is -0.291. The lowest BCUT2D eigenvalue weighted by molar-refractivity contribution is -0.129. The summed E-state index contributed by atoms with van der Waals surface area (Å²) >= 11 is 0. The number of aromatic nitrogens is 3. The highest BCUT2D eigenvalue weighted by molar-refractivity contribution is 5.83. The highest BCUT2D eigenvalue weighted by Gasteiger charge is 2.51. The number of nitrogens with one attached hydrogen (secondary N) is 1. The Bertz CT molecular complexity index is 2100. The fraction of sp³-hybridized carbons (Fsp3) is 0.422. The van der Waals surface area contributed by atoms with Crippen LogP contribution in [0.25, 0.3) is 28.0 Å². The predicted molar refractivity (Wildman–Crippen MR) is 211 cm³/mol. The van der Waals surface area contributed by atoms with E-state index in [0.717, 1.165) is 69.3 Å². The molecule has 0 atom stereocenters. The maximum Gasteiger partial charge on any atom is 0.410 e.